The summed E-state index contributed by atoms with van der Waals surface area (Å²) in [5.41, 5.74) is 1.06. The Morgan fingerprint density at radius 3 is 2.30 bits per heavy atom. The van der Waals surface area contributed by atoms with E-state index in [1.54, 1.807) is 37.3 Å². The second kappa shape index (κ2) is 13.2. The van der Waals surface area contributed by atoms with Crippen LogP contribution in [-0.4, -0.2) is 50.9 Å². The average Bonchev–Trinajstić information content (AvgIpc) is 3.47. The molecule has 0 bridgehead atoms. The number of carbonyl (C=O) groups is 2. The van der Waals surface area contributed by atoms with Crippen LogP contribution in [0.1, 0.15) is 38.2 Å². The molecule has 0 heterocycles. The highest BCUT2D eigenvalue weighted by Gasteiger charge is 2.33. The van der Waals surface area contributed by atoms with E-state index < -0.39 is 28.5 Å². The van der Waals surface area contributed by atoms with Gasteiger partial charge < -0.3 is 15.0 Å². The van der Waals surface area contributed by atoms with Gasteiger partial charge in [0.25, 0.3) is 10.0 Å². The Hall–Kier alpha value is -3.56. The molecule has 1 atom stereocenters. The fourth-order valence-corrected chi connectivity index (χ4v) is 6.38. The summed E-state index contributed by atoms with van der Waals surface area (Å²) in [7, 11) is -2.70. The molecular weight excluding hydrogens is 550 g/mol. The van der Waals surface area contributed by atoms with E-state index in [1.807, 2.05) is 30.3 Å². The number of hydrogen-bond acceptors (Lipinski definition) is 5. The summed E-state index contributed by atoms with van der Waals surface area (Å²) in [5.74, 6) is -0.279. The minimum atomic E-state index is -4.19. The van der Waals surface area contributed by atoms with Gasteiger partial charge in [0.1, 0.15) is 18.3 Å². The predicted octanol–water partition coefficient (Wildman–Crippen LogP) is 5.02. The van der Waals surface area contributed by atoms with Crippen LogP contribution in [0.5, 0.6) is 5.75 Å². The highest BCUT2D eigenvalue weighted by atomic mass is 35.5. The number of anilines is 1. The fourth-order valence-electron chi connectivity index (χ4n) is 4.79. The van der Waals surface area contributed by atoms with Gasteiger partial charge in [-0.2, -0.15) is 0 Å². The number of nitrogens with one attached hydrogen (secondary N) is 1. The third-order valence-electron chi connectivity index (χ3n) is 7.09. The van der Waals surface area contributed by atoms with Crippen molar-refractivity contribution in [1.82, 2.24) is 10.2 Å². The van der Waals surface area contributed by atoms with Gasteiger partial charge in [0.05, 0.1) is 17.7 Å². The van der Waals surface area contributed by atoms with Gasteiger partial charge >= 0.3 is 0 Å². The van der Waals surface area contributed by atoms with E-state index in [0.717, 1.165) is 35.6 Å². The molecule has 0 aromatic heterocycles. The Morgan fingerprint density at radius 2 is 1.68 bits per heavy atom. The summed E-state index contributed by atoms with van der Waals surface area (Å²) < 4.78 is 34.0. The van der Waals surface area contributed by atoms with E-state index in [1.165, 1.54) is 30.2 Å². The Bertz CT molecular complexity index is 1410. The first kappa shape index (κ1) is 29.4. The Labute approximate surface area is 240 Å². The van der Waals surface area contributed by atoms with Gasteiger partial charge in [-0.15, -0.1) is 0 Å². The van der Waals surface area contributed by atoms with Crippen molar-refractivity contribution >= 4 is 39.1 Å². The molecule has 0 radical (unpaired) electrons. The third kappa shape index (κ3) is 7.14. The summed E-state index contributed by atoms with van der Waals surface area (Å²) in [4.78, 5) is 28.6. The fraction of sp³-hybridized carbons (Fsp3) is 0.333. The summed E-state index contributed by atoms with van der Waals surface area (Å²) in [5, 5.41) is 3.39. The van der Waals surface area contributed by atoms with Gasteiger partial charge in [0.2, 0.25) is 11.8 Å². The van der Waals surface area contributed by atoms with Crippen molar-refractivity contribution in [2.45, 2.75) is 56.1 Å². The molecule has 1 aliphatic rings. The second-order valence-electron chi connectivity index (χ2n) is 9.84. The molecule has 1 N–H and O–H groups in total. The Kier molecular flexibility index (Phi) is 9.71. The zero-order chi connectivity index (χ0) is 28.7. The van der Waals surface area contributed by atoms with Gasteiger partial charge in [0, 0.05) is 17.6 Å². The number of rotatable bonds is 11. The van der Waals surface area contributed by atoms with Gasteiger partial charge in [-0.1, -0.05) is 60.8 Å². The van der Waals surface area contributed by atoms with Gasteiger partial charge in [-0.05, 0) is 67.8 Å². The third-order valence-corrected chi connectivity index (χ3v) is 9.11. The van der Waals surface area contributed by atoms with Gasteiger partial charge in [-0.3, -0.25) is 13.9 Å². The van der Waals surface area contributed by atoms with Crippen molar-refractivity contribution in [2.75, 3.05) is 18.0 Å². The molecule has 1 aliphatic carbocycles. The number of ether oxygens (including phenoxy) is 1. The first-order valence-electron chi connectivity index (χ1n) is 13.2. The monoisotopic (exact) mass is 583 g/mol. The lowest BCUT2D eigenvalue weighted by molar-refractivity contribution is -0.139. The maximum Gasteiger partial charge on any atom is 0.264 e. The van der Waals surface area contributed by atoms with E-state index in [-0.39, 0.29) is 29.1 Å². The summed E-state index contributed by atoms with van der Waals surface area (Å²) in [6, 6.07) is 20.8. The molecule has 10 heteroatoms. The van der Waals surface area contributed by atoms with Crippen LogP contribution in [-0.2, 0) is 26.2 Å². The summed E-state index contributed by atoms with van der Waals surface area (Å²) in [6.07, 6.45) is 3.94. The lowest BCUT2D eigenvalue weighted by Crippen LogP contribution is -2.52. The zero-order valence-corrected chi connectivity index (χ0v) is 24.2. The quantitative estimate of drug-likeness (QED) is 0.342. The molecular formula is C30H34ClN3O5S. The van der Waals surface area contributed by atoms with Crippen molar-refractivity contribution in [1.29, 1.82) is 0 Å². The van der Waals surface area contributed by atoms with E-state index in [9.17, 15) is 18.0 Å². The molecule has 8 nitrogen and oxygen atoms in total. The van der Waals surface area contributed by atoms with Crippen molar-refractivity contribution in [3.05, 3.63) is 89.4 Å². The second-order valence-corrected chi connectivity index (χ2v) is 12.1. The molecule has 4 rings (SSSR count). The number of methoxy groups -OCH3 is 1. The topological polar surface area (TPSA) is 96.0 Å². The Morgan fingerprint density at radius 1 is 1.00 bits per heavy atom. The van der Waals surface area contributed by atoms with Crippen molar-refractivity contribution in [3.63, 3.8) is 0 Å². The Balaban J connectivity index is 1.67. The maximum absolute atomic E-state index is 14.0. The number of nitrogens with zero attached hydrogens (tertiary/aromatic N) is 2. The molecule has 0 saturated heterocycles. The SMILES string of the molecule is COc1ccc(S(=O)(=O)N(CC(=O)N(Cc2ccccc2)[C@H](C)C(=O)NC2CCCC2)c2cccc(Cl)c2)cc1. The molecule has 3 aromatic carbocycles. The van der Waals surface area contributed by atoms with Crippen LogP contribution in [0.2, 0.25) is 5.02 Å². The number of halogens is 1. The van der Waals surface area contributed by atoms with Gasteiger partial charge in [-0.25, -0.2) is 8.42 Å². The number of amides is 2. The molecule has 1 fully saturated rings. The van der Waals surface area contributed by atoms with Crippen LogP contribution < -0.4 is 14.4 Å². The maximum atomic E-state index is 14.0. The molecule has 40 heavy (non-hydrogen) atoms. The number of benzene rings is 3. The lowest BCUT2D eigenvalue weighted by Gasteiger charge is -2.32. The molecule has 0 aliphatic heterocycles. The highest BCUT2D eigenvalue weighted by molar-refractivity contribution is 7.92. The van der Waals surface area contributed by atoms with E-state index >= 15 is 0 Å². The average molecular weight is 584 g/mol. The van der Waals surface area contributed by atoms with Crippen LogP contribution >= 0.6 is 11.6 Å². The zero-order valence-electron chi connectivity index (χ0n) is 22.6. The van der Waals surface area contributed by atoms with Gasteiger partial charge in [0.15, 0.2) is 0 Å². The summed E-state index contributed by atoms with van der Waals surface area (Å²) in [6.45, 7) is 1.29. The molecule has 0 spiro atoms. The normalized spacial score (nSPS) is 14.4. The van der Waals surface area contributed by atoms with Crippen molar-refractivity contribution < 1.29 is 22.7 Å². The molecule has 2 amide bonds. The van der Waals surface area contributed by atoms with Crippen LogP contribution in [0.3, 0.4) is 0 Å². The smallest absolute Gasteiger partial charge is 0.264 e. The minimum absolute atomic E-state index is 0.0114. The van der Waals surface area contributed by atoms with E-state index in [2.05, 4.69) is 5.32 Å². The summed E-state index contributed by atoms with van der Waals surface area (Å²) >= 11 is 6.22. The van der Waals surface area contributed by atoms with Crippen LogP contribution in [0.4, 0.5) is 5.69 Å². The molecule has 0 unspecified atom stereocenters. The van der Waals surface area contributed by atoms with Crippen molar-refractivity contribution in [2.24, 2.45) is 0 Å². The van der Waals surface area contributed by atoms with Crippen LogP contribution in [0.25, 0.3) is 0 Å². The lowest BCUT2D eigenvalue weighted by atomic mass is 10.1. The van der Waals surface area contributed by atoms with Crippen LogP contribution in [0.15, 0.2) is 83.8 Å². The molecule has 212 valence electrons. The first-order valence-corrected chi connectivity index (χ1v) is 15.1. The van der Waals surface area contributed by atoms with Crippen LogP contribution in [0, 0.1) is 0 Å². The first-order chi connectivity index (χ1) is 19.2. The van der Waals surface area contributed by atoms with E-state index in [0.29, 0.717) is 10.8 Å². The molecule has 1 saturated carbocycles. The number of hydrogen-bond donors (Lipinski definition) is 1. The highest BCUT2D eigenvalue weighted by Crippen LogP contribution is 2.28. The van der Waals surface area contributed by atoms with E-state index in [4.69, 9.17) is 16.3 Å². The number of carbonyl (C=O) groups excluding carboxylic acids is 2. The standard InChI is InChI=1S/C30H34ClN3O5S/c1-22(30(36)32-25-12-6-7-13-25)33(20-23-9-4-3-5-10-23)29(35)21-34(26-14-8-11-24(31)19-26)40(37,38)28-17-15-27(39-2)16-18-28/h3-5,8-11,14-19,22,25H,6-7,12-13,20-21H2,1-2H3,(H,32,36)/t22-/m1/s1. The van der Waals surface area contributed by atoms with Crippen molar-refractivity contribution in [3.8, 4) is 5.75 Å². The minimum Gasteiger partial charge on any atom is -0.497 e. The predicted molar refractivity (Wildman–Crippen MR) is 156 cm³/mol. The number of sulfonamides is 1. The molecule has 3 aromatic rings. The largest absolute Gasteiger partial charge is 0.497 e.